The molecule has 0 aliphatic rings. The van der Waals surface area contributed by atoms with E-state index < -0.39 is 5.60 Å². The highest BCUT2D eigenvalue weighted by Gasteiger charge is 2.33. The van der Waals surface area contributed by atoms with Gasteiger partial charge in [-0.2, -0.15) is 0 Å². The van der Waals surface area contributed by atoms with Crippen LogP contribution < -0.4 is 10.1 Å². The van der Waals surface area contributed by atoms with Crippen LogP contribution in [0.25, 0.3) is 0 Å². The Labute approximate surface area is 157 Å². The lowest BCUT2D eigenvalue weighted by atomic mass is 9.97. The molecule has 1 heterocycles. The normalized spacial score (nSPS) is 13.3. The number of hydrogen-bond donors (Lipinski definition) is 1. The van der Waals surface area contributed by atoms with Crippen molar-refractivity contribution in [3.63, 3.8) is 0 Å². The zero-order valence-electron chi connectivity index (χ0n) is 16.9. The Morgan fingerprint density at radius 1 is 1.15 bits per heavy atom. The van der Waals surface area contributed by atoms with Crippen LogP contribution in [0.3, 0.4) is 0 Å². The first-order chi connectivity index (χ1) is 12.5. The van der Waals surface area contributed by atoms with E-state index in [9.17, 15) is 4.79 Å². The maximum Gasteiger partial charge on any atom is 0.256 e. The van der Waals surface area contributed by atoms with E-state index in [1.807, 2.05) is 33.8 Å². The van der Waals surface area contributed by atoms with Gasteiger partial charge in [0.25, 0.3) is 5.91 Å². The fraction of sp³-hybridized carbons (Fsp3) is 0.700. The van der Waals surface area contributed by atoms with Crippen LogP contribution in [-0.4, -0.2) is 42.9 Å². The Balaban J connectivity index is 2.73. The largest absolute Gasteiger partial charge is 0.475 e. The summed E-state index contributed by atoms with van der Waals surface area (Å²) in [5, 5.41) is 2.97. The third kappa shape index (κ3) is 7.30. The van der Waals surface area contributed by atoms with Crippen LogP contribution in [0.1, 0.15) is 59.1 Å². The number of carbonyl (C=O) groups excluding carboxylic acids is 1. The number of carbonyl (C=O) groups is 1. The first-order valence-electron chi connectivity index (χ1n) is 9.60. The minimum absolute atomic E-state index is 0.130. The van der Waals surface area contributed by atoms with Gasteiger partial charge in [-0.05, 0) is 39.7 Å². The SMILES string of the molecule is CCCC[C@@](C)(OCCC)C(=O)Nc1ccc(OCCOCC)nc1C. The summed E-state index contributed by atoms with van der Waals surface area (Å²) in [6, 6.07) is 3.57. The van der Waals surface area contributed by atoms with Crippen LogP contribution in [0.15, 0.2) is 12.1 Å². The number of aryl methyl sites for hydroxylation is 1. The van der Waals surface area contributed by atoms with E-state index in [0.717, 1.165) is 19.3 Å². The molecule has 0 aliphatic carbocycles. The first kappa shape index (κ1) is 22.4. The summed E-state index contributed by atoms with van der Waals surface area (Å²) >= 11 is 0. The smallest absolute Gasteiger partial charge is 0.256 e. The van der Waals surface area contributed by atoms with Crippen LogP contribution in [0.2, 0.25) is 0 Å². The lowest BCUT2D eigenvalue weighted by Gasteiger charge is -2.29. The highest BCUT2D eigenvalue weighted by molar-refractivity contribution is 5.97. The molecule has 26 heavy (non-hydrogen) atoms. The van der Waals surface area contributed by atoms with E-state index in [1.165, 1.54) is 0 Å². The Hall–Kier alpha value is -1.66. The summed E-state index contributed by atoms with van der Waals surface area (Å²) < 4.78 is 16.7. The molecule has 0 aromatic carbocycles. The van der Waals surface area contributed by atoms with Crippen LogP contribution in [-0.2, 0) is 14.3 Å². The van der Waals surface area contributed by atoms with Crippen LogP contribution >= 0.6 is 0 Å². The average Bonchev–Trinajstić information content (AvgIpc) is 2.63. The number of anilines is 1. The lowest BCUT2D eigenvalue weighted by Crippen LogP contribution is -2.43. The number of pyridine rings is 1. The van der Waals surface area contributed by atoms with Gasteiger partial charge in [0.05, 0.1) is 18.0 Å². The fourth-order valence-electron chi connectivity index (χ4n) is 2.45. The summed E-state index contributed by atoms with van der Waals surface area (Å²) in [7, 11) is 0. The molecule has 0 fully saturated rings. The Bertz CT molecular complexity index is 541. The number of unbranched alkanes of at least 4 members (excludes halogenated alkanes) is 1. The van der Waals surface area contributed by atoms with Crippen molar-refractivity contribution in [2.45, 2.75) is 65.9 Å². The van der Waals surface area contributed by atoms with Crippen LogP contribution in [0, 0.1) is 6.92 Å². The molecule has 6 heteroatoms. The molecule has 1 aromatic heterocycles. The number of aromatic nitrogens is 1. The van der Waals surface area contributed by atoms with Gasteiger partial charge in [-0.1, -0.05) is 26.7 Å². The molecular formula is C20H34N2O4. The molecule has 0 aliphatic heterocycles. The van der Waals surface area contributed by atoms with Gasteiger partial charge in [-0.3, -0.25) is 4.79 Å². The monoisotopic (exact) mass is 366 g/mol. The predicted molar refractivity (Wildman–Crippen MR) is 104 cm³/mol. The summed E-state index contributed by atoms with van der Waals surface area (Å²) in [4.78, 5) is 17.2. The molecule has 0 saturated carbocycles. The zero-order chi connectivity index (χ0) is 19.4. The maximum atomic E-state index is 12.8. The molecule has 0 radical (unpaired) electrons. The van der Waals surface area contributed by atoms with Crippen molar-refractivity contribution in [3.8, 4) is 5.88 Å². The summed E-state index contributed by atoms with van der Waals surface area (Å²) in [5.74, 6) is 0.394. The third-order valence-electron chi connectivity index (χ3n) is 4.10. The second-order valence-corrected chi connectivity index (χ2v) is 6.46. The van der Waals surface area contributed by atoms with Crippen molar-refractivity contribution in [1.29, 1.82) is 0 Å². The molecule has 1 amide bonds. The second-order valence-electron chi connectivity index (χ2n) is 6.46. The van der Waals surface area contributed by atoms with E-state index in [4.69, 9.17) is 14.2 Å². The maximum absolute atomic E-state index is 12.8. The van der Waals surface area contributed by atoms with E-state index in [2.05, 4.69) is 17.2 Å². The van der Waals surface area contributed by atoms with Crippen molar-refractivity contribution < 1.29 is 19.0 Å². The van der Waals surface area contributed by atoms with Gasteiger partial charge in [-0.15, -0.1) is 0 Å². The van der Waals surface area contributed by atoms with Crippen molar-refractivity contribution in [1.82, 2.24) is 4.98 Å². The highest BCUT2D eigenvalue weighted by Crippen LogP contribution is 2.24. The number of rotatable bonds is 13. The van der Waals surface area contributed by atoms with E-state index >= 15 is 0 Å². The summed E-state index contributed by atoms with van der Waals surface area (Å²) in [6.45, 7) is 12.0. The van der Waals surface area contributed by atoms with Gasteiger partial charge in [0, 0.05) is 19.3 Å². The minimum atomic E-state index is -0.828. The van der Waals surface area contributed by atoms with Crippen molar-refractivity contribution >= 4 is 11.6 Å². The summed E-state index contributed by atoms with van der Waals surface area (Å²) in [6.07, 6.45) is 3.54. The number of nitrogens with zero attached hydrogens (tertiary/aromatic N) is 1. The van der Waals surface area contributed by atoms with Gasteiger partial charge >= 0.3 is 0 Å². The van der Waals surface area contributed by atoms with Gasteiger partial charge in [0.1, 0.15) is 12.2 Å². The number of nitrogens with one attached hydrogen (secondary N) is 1. The number of ether oxygens (including phenoxy) is 3. The molecule has 0 unspecified atom stereocenters. The van der Waals surface area contributed by atoms with E-state index in [1.54, 1.807) is 6.07 Å². The molecule has 148 valence electrons. The molecule has 0 saturated heterocycles. The molecular weight excluding hydrogens is 332 g/mol. The lowest BCUT2D eigenvalue weighted by molar-refractivity contribution is -0.140. The second kappa shape index (κ2) is 11.9. The third-order valence-corrected chi connectivity index (χ3v) is 4.10. The van der Waals surface area contributed by atoms with Gasteiger partial charge in [0.15, 0.2) is 0 Å². The molecule has 1 aromatic rings. The van der Waals surface area contributed by atoms with Crippen LogP contribution in [0.5, 0.6) is 5.88 Å². The minimum Gasteiger partial charge on any atom is -0.475 e. The Kier molecular flexibility index (Phi) is 10.2. The van der Waals surface area contributed by atoms with Gasteiger partial charge in [0.2, 0.25) is 5.88 Å². The zero-order valence-corrected chi connectivity index (χ0v) is 16.9. The first-order valence-corrected chi connectivity index (χ1v) is 9.60. The molecule has 1 rings (SSSR count). The Morgan fingerprint density at radius 3 is 2.54 bits per heavy atom. The van der Waals surface area contributed by atoms with E-state index in [0.29, 0.717) is 50.1 Å². The Morgan fingerprint density at radius 2 is 1.92 bits per heavy atom. The van der Waals surface area contributed by atoms with Gasteiger partial charge in [-0.25, -0.2) is 4.98 Å². The molecule has 6 nitrogen and oxygen atoms in total. The number of amides is 1. The summed E-state index contributed by atoms with van der Waals surface area (Å²) in [5.41, 5.74) is 0.557. The highest BCUT2D eigenvalue weighted by atomic mass is 16.5. The topological polar surface area (TPSA) is 69.7 Å². The fourth-order valence-corrected chi connectivity index (χ4v) is 2.45. The predicted octanol–water partition coefficient (Wildman–Crippen LogP) is 4.12. The quantitative estimate of drug-likeness (QED) is 0.532. The van der Waals surface area contributed by atoms with Crippen LogP contribution in [0.4, 0.5) is 5.69 Å². The standard InChI is InChI=1S/C20H34N2O4/c1-6-9-12-20(5,26-13-7-2)19(23)22-17-10-11-18(21-16(17)4)25-15-14-24-8-3/h10-11H,6-9,12-15H2,1-5H3,(H,22,23)/t20-/m1/s1. The average molecular weight is 367 g/mol. The number of hydrogen-bond acceptors (Lipinski definition) is 5. The molecule has 1 N–H and O–H groups in total. The molecule has 0 spiro atoms. The van der Waals surface area contributed by atoms with Crippen molar-refractivity contribution in [2.24, 2.45) is 0 Å². The van der Waals surface area contributed by atoms with E-state index in [-0.39, 0.29) is 5.91 Å². The van der Waals surface area contributed by atoms with Crippen molar-refractivity contribution in [3.05, 3.63) is 17.8 Å². The van der Waals surface area contributed by atoms with Gasteiger partial charge < -0.3 is 19.5 Å². The van der Waals surface area contributed by atoms with Crippen molar-refractivity contribution in [2.75, 3.05) is 31.7 Å². The molecule has 0 bridgehead atoms. The molecule has 1 atom stereocenters.